The topological polar surface area (TPSA) is 69.2 Å². The van der Waals surface area contributed by atoms with Gasteiger partial charge in [-0.25, -0.2) is 0 Å². The first-order valence-corrected chi connectivity index (χ1v) is 9.31. The van der Waals surface area contributed by atoms with Crippen molar-refractivity contribution in [2.45, 2.75) is 44.6 Å². The number of aromatic amines is 1. The fourth-order valence-corrected chi connectivity index (χ4v) is 4.82. The summed E-state index contributed by atoms with van der Waals surface area (Å²) in [6.07, 6.45) is 5.51. The van der Waals surface area contributed by atoms with E-state index in [9.17, 15) is 9.90 Å². The predicted molar refractivity (Wildman–Crippen MR) is 94.2 cm³/mol. The quantitative estimate of drug-likeness (QED) is 0.840. The number of aliphatic hydroxyl groups is 1. The highest BCUT2D eigenvalue weighted by molar-refractivity contribution is 5.96. The standard InChI is InChI=1S/C20H23N3O2/c24-16-7-8-20(16)9-11-23(12-10-20)19(25)18-15-6-5-13-3-1-2-4-14(13)17(15)21-22-18/h1-4,16,24H,5-12H2,(H,21,22). The number of aryl methyl sites for hydroxylation is 1. The fourth-order valence-electron chi connectivity index (χ4n) is 4.82. The lowest BCUT2D eigenvalue weighted by Crippen LogP contribution is -2.53. The number of fused-ring (bicyclic) bond motifs is 3. The fraction of sp³-hybridized carbons (Fsp3) is 0.500. The molecule has 5 heteroatoms. The van der Waals surface area contributed by atoms with Crippen molar-refractivity contribution < 1.29 is 9.90 Å². The van der Waals surface area contributed by atoms with Crippen molar-refractivity contribution in [1.29, 1.82) is 0 Å². The number of rotatable bonds is 1. The number of amides is 1. The molecule has 2 N–H and O–H groups in total. The number of nitrogens with zero attached hydrogens (tertiary/aromatic N) is 2. The minimum atomic E-state index is -0.166. The number of benzene rings is 1. The Morgan fingerprint density at radius 1 is 1.20 bits per heavy atom. The Labute approximate surface area is 147 Å². The van der Waals surface area contributed by atoms with Gasteiger partial charge in [-0.1, -0.05) is 24.3 Å². The molecule has 0 bridgehead atoms. The molecule has 1 aromatic carbocycles. The molecule has 1 saturated heterocycles. The summed E-state index contributed by atoms with van der Waals surface area (Å²) in [6, 6.07) is 8.31. The zero-order valence-electron chi connectivity index (χ0n) is 14.3. The normalized spacial score (nSPS) is 23.7. The van der Waals surface area contributed by atoms with Crippen LogP contribution in [0.25, 0.3) is 11.3 Å². The average Bonchev–Trinajstić information content (AvgIpc) is 3.11. The summed E-state index contributed by atoms with van der Waals surface area (Å²) in [5, 5.41) is 17.6. The monoisotopic (exact) mass is 337 g/mol. The van der Waals surface area contributed by atoms with Crippen molar-refractivity contribution in [3.8, 4) is 11.3 Å². The number of nitrogens with one attached hydrogen (secondary N) is 1. The molecule has 1 unspecified atom stereocenters. The van der Waals surface area contributed by atoms with E-state index in [1.54, 1.807) is 0 Å². The molecule has 5 nitrogen and oxygen atoms in total. The van der Waals surface area contributed by atoms with Crippen LogP contribution in [-0.2, 0) is 12.8 Å². The van der Waals surface area contributed by atoms with Gasteiger partial charge in [0.05, 0.1) is 11.8 Å². The molecule has 2 aromatic rings. The van der Waals surface area contributed by atoms with E-state index in [-0.39, 0.29) is 17.4 Å². The molecule has 1 aromatic heterocycles. The lowest BCUT2D eigenvalue weighted by atomic mass is 9.61. The third-order valence-electron chi connectivity index (χ3n) is 6.67. The van der Waals surface area contributed by atoms with E-state index in [0.29, 0.717) is 5.69 Å². The summed E-state index contributed by atoms with van der Waals surface area (Å²) in [5.74, 6) is 0.0665. The molecule has 25 heavy (non-hydrogen) atoms. The van der Waals surface area contributed by atoms with Gasteiger partial charge in [0.2, 0.25) is 0 Å². The first kappa shape index (κ1) is 15.1. The van der Waals surface area contributed by atoms with E-state index in [1.807, 2.05) is 11.0 Å². The molecule has 2 heterocycles. The van der Waals surface area contributed by atoms with Crippen molar-refractivity contribution >= 4 is 5.91 Å². The number of hydrogen-bond donors (Lipinski definition) is 2. The number of H-pyrrole nitrogens is 1. The molecule has 1 saturated carbocycles. The summed E-state index contributed by atoms with van der Waals surface area (Å²) in [4.78, 5) is 15.0. The summed E-state index contributed by atoms with van der Waals surface area (Å²) in [6.45, 7) is 1.47. The zero-order chi connectivity index (χ0) is 17.0. The third-order valence-corrected chi connectivity index (χ3v) is 6.67. The Morgan fingerprint density at radius 2 is 2.00 bits per heavy atom. The van der Waals surface area contributed by atoms with Gasteiger partial charge >= 0.3 is 0 Å². The molecule has 0 radical (unpaired) electrons. The van der Waals surface area contributed by atoms with Crippen LogP contribution in [0.5, 0.6) is 0 Å². The SMILES string of the molecule is O=C(c1[nH]nc2c1CCc1ccccc1-2)N1CCC2(CCC2O)CC1. The molecule has 2 aliphatic carbocycles. The van der Waals surface area contributed by atoms with E-state index in [2.05, 4.69) is 28.4 Å². The van der Waals surface area contributed by atoms with E-state index in [0.717, 1.165) is 68.4 Å². The van der Waals surface area contributed by atoms with Crippen LogP contribution in [0, 0.1) is 5.41 Å². The second-order valence-electron chi connectivity index (χ2n) is 7.79. The maximum Gasteiger partial charge on any atom is 0.272 e. The van der Waals surface area contributed by atoms with Gasteiger partial charge < -0.3 is 10.0 Å². The molecular formula is C20H23N3O2. The molecule has 130 valence electrons. The molecule has 5 rings (SSSR count). The van der Waals surface area contributed by atoms with Gasteiger partial charge in [0, 0.05) is 24.2 Å². The number of carbonyl (C=O) groups excluding carboxylic acids is 1. The smallest absolute Gasteiger partial charge is 0.272 e. The highest BCUT2D eigenvalue weighted by Crippen LogP contribution is 2.49. The largest absolute Gasteiger partial charge is 0.393 e. The van der Waals surface area contributed by atoms with Crippen LogP contribution in [0.1, 0.15) is 47.3 Å². The Kier molecular flexibility index (Phi) is 3.29. The zero-order valence-corrected chi connectivity index (χ0v) is 14.3. The minimum absolute atomic E-state index is 0.0665. The van der Waals surface area contributed by atoms with E-state index < -0.39 is 0 Å². The predicted octanol–water partition coefficient (Wildman–Crippen LogP) is 2.55. The highest BCUT2D eigenvalue weighted by Gasteiger charge is 2.48. The summed E-state index contributed by atoms with van der Waals surface area (Å²) in [7, 11) is 0. The number of likely N-dealkylation sites (tertiary alicyclic amines) is 1. The summed E-state index contributed by atoms with van der Waals surface area (Å²) in [5.41, 5.74) is 5.20. The van der Waals surface area contributed by atoms with Gasteiger partial charge in [0.25, 0.3) is 5.91 Å². The first-order valence-electron chi connectivity index (χ1n) is 9.31. The van der Waals surface area contributed by atoms with Crippen LogP contribution in [0.3, 0.4) is 0 Å². The maximum absolute atomic E-state index is 13.0. The van der Waals surface area contributed by atoms with Crippen molar-refractivity contribution in [2.24, 2.45) is 5.41 Å². The van der Waals surface area contributed by atoms with Crippen LogP contribution in [0.4, 0.5) is 0 Å². The van der Waals surface area contributed by atoms with Gasteiger partial charge in [-0.2, -0.15) is 5.10 Å². The van der Waals surface area contributed by atoms with Gasteiger partial charge in [-0.3, -0.25) is 9.89 Å². The van der Waals surface area contributed by atoms with E-state index in [4.69, 9.17) is 0 Å². The molecule has 1 spiro atoms. The van der Waals surface area contributed by atoms with Gasteiger partial charge in [-0.05, 0) is 49.5 Å². The lowest BCUT2D eigenvalue weighted by Gasteiger charge is -2.51. The van der Waals surface area contributed by atoms with Crippen LogP contribution >= 0.6 is 0 Å². The number of aromatic nitrogens is 2. The molecule has 1 aliphatic heterocycles. The van der Waals surface area contributed by atoms with Gasteiger partial charge in [0.15, 0.2) is 0 Å². The van der Waals surface area contributed by atoms with Crippen molar-refractivity contribution in [3.05, 3.63) is 41.1 Å². The Morgan fingerprint density at radius 3 is 2.72 bits per heavy atom. The molecular weight excluding hydrogens is 314 g/mol. The average molecular weight is 337 g/mol. The Hall–Kier alpha value is -2.14. The summed E-state index contributed by atoms with van der Waals surface area (Å²) < 4.78 is 0. The van der Waals surface area contributed by atoms with Crippen molar-refractivity contribution in [3.63, 3.8) is 0 Å². The van der Waals surface area contributed by atoms with Gasteiger partial charge in [0.1, 0.15) is 5.69 Å². The highest BCUT2D eigenvalue weighted by atomic mass is 16.3. The second-order valence-corrected chi connectivity index (χ2v) is 7.79. The molecule has 1 atom stereocenters. The molecule has 2 fully saturated rings. The number of aliphatic hydroxyl groups excluding tert-OH is 1. The minimum Gasteiger partial charge on any atom is -0.393 e. The Bertz CT molecular complexity index is 833. The van der Waals surface area contributed by atoms with Crippen LogP contribution in [0.15, 0.2) is 24.3 Å². The van der Waals surface area contributed by atoms with Crippen LogP contribution < -0.4 is 0 Å². The first-order chi connectivity index (χ1) is 12.2. The Balaban J connectivity index is 1.39. The van der Waals surface area contributed by atoms with E-state index >= 15 is 0 Å². The van der Waals surface area contributed by atoms with Crippen molar-refractivity contribution in [1.82, 2.24) is 15.1 Å². The van der Waals surface area contributed by atoms with E-state index in [1.165, 1.54) is 5.56 Å². The molecule has 1 amide bonds. The number of piperidine rings is 1. The van der Waals surface area contributed by atoms with Crippen molar-refractivity contribution in [2.75, 3.05) is 13.1 Å². The second kappa shape index (κ2) is 5.43. The maximum atomic E-state index is 13.0. The van der Waals surface area contributed by atoms with Crippen LogP contribution in [-0.4, -0.2) is 45.3 Å². The number of hydrogen-bond acceptors (Lipinski definition) is 3. The number of carbonyl (C=O) groups is 1. The third kappa shape index (κ3) is 2.18. The lowest BCUT2D eigenvalue weighted by molar-refractivity contribution is -0.0952. The summed E-state index contributed by atoms with van der Waals surface area (Å²) >= 11 is 0. The van der Waals surface area contributed by atoms with Gasteiger partial charge in [-0.15, -0.1) is 0 Å². The molecule has 3 aliphatic rings. The van der Waals surface area contributed by atoms with Crippen LogP contribution in [0.2, 0.25) is 0 Å².